The number of ether oxygens (including phenoxy) is 2. The van der Waals surface area contributed by atoms with E-state index in [4.69, 9.17) is 9.47 Å². The molecule has 1 fully saturated rings. The second kappa shape index (κ2) is 7.51. The Morgan fingerprint density at radius 2 is 2.19 bits per heavy atom. The fourth-order valence-electron chi connectivity index (χ4n) is 2.75. The summed E-state index contributed by atoms with van der Waals surface area (Å²) in [5.74, 6) is -1.01. The maximum atomic E-state index is 13.9. The number of amides is 1. The van der Waals surface area contributed by atoms with Gasteiger partial charge >= 0.3 is 12.3 Å². The van der Waals surface area contributed by atoms with Crippen molar-refractivity contribution in [3.8, 4) is 0 Å². The van der Waals surface area contributed by atoms with Crippen molar-refractivity contribution in [3.63, 3.8) is 0 Å². The molecule has 0 radical (unpaired) electrons. The number of carbonyl (C=O) groups excluding carboxylic acids is 1. The van der Waals surface area contributed by atoms with E-state index in [1.807, 2.05) is 0 Å². The van der Waals surface area contributed by atoms with Crippen LogP contribution in [-0.4, -0.2) is 45.7 Å². The maximum Gasteiger partial charge on any atom is 0.416 e. The molecule has 11 heteroatoms. The molecular weight excluding hydrogens is 372 g/mol. The summed E-state index contributed by atoms with van der Waals surface area (Å²) in [6, 6.07) is 1.67. The van der Waals surface area contributed by atoms with Crippen LogP contribution in [0.5, 0.6) is 0 Å². The predicted octanol–water partition coefficient (Wildman–Crippen LogP) is 3.06. The first kappa shape index (κ1) is 19.1. The van der Waals surface area contributed by atoms with Crippen molar-refractivity contribution in [1.82, 2.24) is 20.3 Å². The molecule has 1 aromatic heterocycles. The van der Waals surface area contributed by atoms with Crippen LogP contribution in [0.2, 0.25) is 0 Å². The Kier molecular flexibility index (Phi) is 5.31. The van der Waals surface area contributed by atoms with Crippen molar-refractivity contribution in [1.29, 1.82) is 0 Å². The largest absolute Gasteiger partial charge is 0.450 e. The third-order valence-corrected chi connectivity index (χ3v) is 4.14. The quantitative estimate of drug-likeness (QED) is 0.797. The molecule has 1 aliphatic rings. The van der Waals surface area contributed by atoms with Gasteiger partial charge < -0.3 is 9.47 Å². The molecule has 3 rings (SSSR count). The molecule has 0 aliphatic carbocycles. The molecule has 0 spiro atoms. The van der Waals surface area contributed by atoms with Gasteiger partial charge in [-0.1, -0.05) is 6.07 Å². The summed E-state index contributed by atoms with van der Waals surface area (Å²) in [6.07, 6.45) is -4.27. The normalized spacial score (nSPS) is 19.7. The summed E-state index contributed by atoms with van der Waals surface area (Å²) in [4.78, 5) is 13.3. The second-order valence-corrected chi connectivity index (χ2v) is 5.84. The summed E-state index contributed by atoms with van der Waals surface area (Å²) in [5, 5.41) is 10.0. The molecular formula is C16H16F4N4O3. The number of benzene rings is 1. The Labute approximate surface area is 151 Å². The average molecular weight is 388 g/mol. The number of rotatable bonds is 5. The van der Waals surface area contributed by atoms with Crippen molar-refractivity contribution < 1.29 is 31.8 Å². The minimum absolute atomic E-state index is 0.0171. The van der Waals surface area contributed by atoms with E-state index in [0.717, 1.165) is 12.1 Å². The first-order valence-corrected chi connectivity index (χ1v) is 8.07. The summed E-state index contributed by atoms with van der Waals surface area (Å²) < 4.78 is 62.3. The molecule has 146 valence electrons. The molecule has 2 unspecified atom stereocenters. The van der Waals surface area contributed by atoms with Gasteiger partial charge in [0.2, 0.25) is 0 Å². The Balaban J connectivity index is 1.68. The molecule has 1 aromatic carbocycles. The van der Waals surface area contributed by atoms with E-state index in [1.165, 1.54) is 11.1 Å². The third-order valence-electron chi connectivity index (χ3n) is 4.14. The highest BCUT2D eigenvalue weighted by Gasteiger charge is 2.46. The second-order valence-electron chi connectivity index (χ2n) is 5.84. The monoisotopic (exact) mass is 388 g/mol. The van der Waals surface area contributed by atoms with E-state index in [1.54, 1.807) is 6.92 Å². The summed E-state index contributed by atoms with van der Waals surface area (Å²) in [5.41, 5.74) is -0.648. The lowest BCUT2D eigenvalue weighted by molar-refractivity contribution is -0.137. The standard InChI is InChI=1S/C16H16F4N4O3/c1-2-26-15(25)24-7-13(14(24)12-6-21-23-22-12)27-8-9-3-4-10(5-11(9)17)16(18,19)20/h3-6,13-14H,2,7-8H2,1H3,(H,21,22,23). The SMILES string of the molecule is CCOC(=O)N1CC(OCc2ccc(C(F)(F)F)cc2F)C1c1cn[nH]n1. The molecule has 7 nitrogen and oxygen atoms in total. The highest BCUT2D eigenvalue weighted by atomic mass is 19.4. The number of likely N-dealkylation sites (tertiary alicyclic amines) is 1. The van der Waals surface area contributed by atoms with Crippen molar-refractivity contribution in [2.75, 3.05) is 13.2 Å². The summed E-state index contributed by atoms with van der Waals surface area (Å²) in [6.45, 7) is 1.80. The number of aromatic amines is 1. The fourth-order valence-corrected chi connectivity index (χ4v) is 2.75. The van der Waals surface area contributed by atoms with Crippen LogP contribution in [0.25, 0.3) is 0 Å². The number of carbonyl (C=O) groups is 1. The Bertz CT molecular complexity index is 797. The lowest BCUT2D eigenvalue weighted by Crippen LogP contribution is -2.57. The van der Waals surface area contributed by atoms with Gasteiger partial charge in [-0.05, 0) is 19.1 Å². The molecule has 0 saturated carbocycles. The molecule has 1 N–H and O–H groups in total. The van der Waals surface area contributed by atoms with Gasteiger partial charge in [0.15, 0.2) is 0 Å². The zero-order valence-corrected chi connectivity index (χ0v) is 14.2. The first-order chi connectivity index (χ1) is 12.8. The number of hydrogen-bond acceptors (Lipinski definition) is 5. The molecule has 1 aliphatic heterocycles. The molecule has 0 bridgehead atoms. The van der Waals surface area contributed by atoms with Crippen LogP contribution in [0.15, 0.2) is 24.4 Å². The fraction of sp³-hybridized carbons (Fsp3) is 0.438. The van der Waals surface area contributed by atoms with Crippen LogP contribution < -0.4 is 0 Å². The van der Waals surface area contributed by atoms with Gasteiger partial charge in [-0.3, -0.25) is 4.90 Å². The van der Waals surface area contributed by atoms with Crippen LogP contribution in [0.1, 0.15) is 29.8 Å². The maximum absolute atomic E-state index is 13.9. The summed E-state index contributed by atoms with van der Waals surface area (Å²) >= 11 is 0. The van der Waals surface area contributed by atoms with Gasteiger partial charge in [-0.25, -0.2) is 9.18 Å². The molecule has 2 aromatic rings. The highest BCUT2D eigenvalue weighted by Crippen LogP contribution is 2.36. The molecule has 27 heavy (non-hydrogen) atoms. The number of nitrogens with one attached hydrogen (secondary N) is 1. The predicted molar refractivity (Wildman–Crippen MR) is 82.8 cm³/mol. The van der Waals surface area contributed by atoms with Gasteiger partial charge in [0.1, 0.15) is 23.7 Å². The van der Waals surface area contributed by atoms with Gasteiger partial charge in [-0.15, -0.1) is 0 Å². The topological polar surface area (TPSA) is 80.3 Å². The van der Waals surface area contributed by atoms with E-state index in [0.29, 0.717) is 11.8 Å². The van der Waals surface area contributed by atoms with E-state index in [9.17, 15) is 22.4 Å². The van der Waals surface area contributed by atoms with Gasteiger partial charge in [-0.2, -0.15) is 28.6 Å². The van der Waals surface area contributed by atoms with E-state index < -0.39 is 35.8 Å². The minimum Gasteiger partial charge on any atom is -0.450 e. The highest BCUT2D eigenvalue weighted by molar-refractivity contribution is 5.69. The zero-order chi connectivity index (χ0) is 19.6. The van der Waals surface area contributed by atoms with Crippen molar-refractivity contribution in [2.45, 2.75) is 31.9 Å². The van der Waals surface area contributed by atoms with E-state index in [2.05, 4.69) is 15.4 Å². The van der Waals surface area contributed by atoms with Crippen LogP contribution >= 0.6 is 0 Å². The van der Waals surface area contributed by atoms with Gasteiger partial charge in [0.25, 0.3) is 0 Å². The minimum atomic E-state index is -4.62. The molecule has 1 saturated heterocycles. The average Bonchev–Trinajstić information content (AvgIpc) is 3.08. The Morgan fingerprint density at radius 1 is 1.41 bits per heavy atom. The number of nitrogens with zero attached hydrogens (tertiary/aromatic N) is 3. The van der Waals surface area contributed by atoms with Crippen molar-refractivity contribution in [2.24, 2.45) is 0 Å². The lowest BCUT2D eigenvalue weighted by Gasteiger charge is -2.45. The van der Waals surface area contributed by atoms with Crippen LogP contribution in [0.4, 0.5) is 22.4 Å². The van der Waals surface area contributed by atoms with Gasteiger partial charge in [0, 0.05) is 5.56 Å². The zero-order valence-electron chi connectivity index (χ0n) is 14.2. The molecule has 2 atom stereocenters. The number of H-pyrrole nitrogens is 1. The van der Waals surface area contributed by atoms with Gasteiger partial charge in [0.05, 0.1) is 31.5 Å². The Hall–Kier alpha value is -2.69. The third kappa shape index (κ3) is 4.02. The van der Waals surface area contributed by atoms with Crippen LogP contribution in [0, 0.1) is 5.82 Å². The first-order valence-electron chi connectivity index (χ1n) is 8.07. The van der Waals surface area contributed by atoms with Crippen molar-refractivity contribution in [3.05, 3.63) is 47.0 Å². The lowest BCUT2D eigenvalue weighted by atomic mass is 9.97. The molecule has 2 heterocycles. The molecule has 1 amide bonds. The smallest absolute Gasteiger partial charge is 0.416 e. The Morgan fingerprint density at radius 3 is 2.78 bits per heavy atom. The van der Waals surface area contributed by atoms with Crippen LogP contribution in [0.3, 0.4) is 0 Å². The number of halogens is 4. The van der Waals surface area contributed by atoms with Crippen LogP contribution in [-0.2, 0) is 22.3 Å². The number of alkyl halides is 3. The number of hydrogen-bond donors (Lipinski definition) is 1. The van der Waals surface area contributed by atoms with Crippen molar-refractivity contribution >= 4 is 6.09 Å². The van der Waals surface area contributed by atoms with E-state index >= 15 is 0 Å². The van der Waals surface area contributed by atoms with E-state index in [-0.39, 0.29) is 25.3 Å². The summed E-state index contributed by atoms with van der Waals surface area (Å²) in [7, 11) is 0. The number of aromatic nitrogens is 3.